The molecule has 1 amide bonds. The lowest BCUT2D eigenvalue weighted by molar-refractivity contribution is 0.0942. The van der Waals surface area contributed by atoms with E-state index in [4.69, 9.17) is 11.6 Å². The minimum absolute atomic E-state index is 0.0832. The van der Waals surface area contributed by atoms with Gasteiger partial charge in [-0.15, -0.1) is 11.6 Å². The fourth-order valence-corrected chi connectivity index (χ4v) is 2.02. The van der Waals surface area contributed by atoms with E-state index in [1.807, 2.05) is 6.07 Å². The Morgan fingerprint density at radius 2 is 1.67 bits per heavy atom. The van der Waals surface area contributed by atoms with Gasteiger partial charge >= 0.3 is 0 Å². The molecule has 0 saturated heterocycles. The van der Waals surface area contributed by atoms with Crippen molar-refractivity contribution in [1.82, 2.24) is 5.32 Å². The normalized spacial score (nSPS) is 10.5. The Morgan fingerprint density at radius 1 is 1.05 bits per heavy atom. The molecule has 2 aromatic rings. The molecule has 21 heavy (non-hydrogen) atoms. The number of hydrogen-bond acceptors (Lipinski definition) is 1. The predicted molar refractivity (Wildman–Crippen MR) is 73.5 cm³/mol. The Labute approximate surface area is 124 Å². The molecule has 6 heteroatoms. The van der Waals surface area contributed by atoms with Gasteiger partial charge in [-0.2, -0.15) is 0 Å². The summed E-state index contributed by atoms with van der Waals surface area (Å²) in [7, 11) is 0. The van der Waals surface area contributed by atoms with E-state index in [0.29, 0.717) is 18.0 Å². The van der Waals surface area contributed by atoms with Crippen molar-refractivity contribution in [3.05, 3.63) is 70.5 Å². The number of rotatable bonds is 4. The van der Waals surface area contributed by atoms with Gasteiger partial charge in [0, 0.05) is 24.6 Å². The first-order valence-electron chi connectivity index (χ1n) is 6.08. The van der Waals surface area contributed by atoms with Gasteiger partial charge in [0.1, 0.15) is 23.0 Å². The quantitative estimate of drug-likeness (QED) is 0.855. The van der Waals surface area contributed by atoms with E-state index in [2.05, 4.69) is 5.32 Å². The van der Waals surface area contributed by atoms with Crippen molar-refractivity contribution in [3.8, 4) is 0 Å². The van der Waals surface area contributed by atoms with Crippen LogP contribution in [0.4, 0.5) is 13.2 Å². The maximum absolute atomic E-state index is 13.4. The van der Waals surface area contributed by atoms with Gasteiger partial charge in [-0.1, -0.05) is 24.3 Å². The molecule has 2 rings (SSSR count). The van der Waals surface area contributed by atoms with Crippen molar-refractivity contribution in [1.29, 1.82) is 0 Å². The lowest BCUT2D eigenvalue weighted by Crippen LogP contribution is -2.25. The summed E-state index contributed by atoms with van der Waals surface area (Å²) in [4.78, 5) is 11.8. The summed E-state index contributed by atoms with van der Waals surface area (Å²) >= 11 is 5.69. The van der Waals surface area contributed by atoms with Gasteiger partial charge < -0.3 is 5.32 Å². The Bertz CT molecular complexity index is 653. The number of alkyl halides is 1. The van der Waals surface area contributed by atoms with Gasteiger partial charge in [0.25, 0.3) is 5.91 Å². The zero-order valence-corrected chi connectivity index (χ0v) is 11.6. The molecule has 0 aliphatic rings. The highest BCUT2D eigenvalue weighted by atomic mass is 35.5. The van der Waals surface area contributed by atoms with E-state index in [-0.39, 0.29) is 6.54 Å². The monoisotopic (exact) mass is 313 g/mol. The van der Waals surface area contributed by atoms with Crippen molar-refractivity contribution >= 4 is 17.5 Å². The van der Waals surface area contributed by atoms with Crippen molar-refractivity contribution in [3.63, 3.8) is 0 Å². The second kappa shape index (κ2) is 6.63. The molecule has 0 atom stereocenters. The number of nitrogens with one attached hydrogen (secondary N) is 1. The van der Waals surface area contributed by atoms with Crippen LogP contribution in [0.3, 0.4) is 0 Å². The van der Waals surface area contributed by atoms with Gasteiger partial charge in [-0.3, -0.25) is 4.79 Å². The average Bonchev–Trinajstić information content (AvgIpc) is 2.44. The second-order valence-electron chi connectivity index (χ2n) is 4.38. The van der Waals surface area contributed by atoms with Crippen LogP contribution in [-0.2, 0) is 12.4 Å². The molecule has 0 saturated carbocycles. The second-order valence-corrected chi connectivity index (χ2v) is 4.65. The van der Waals surface area contributed by atoms with Gasteiger partial charge in [0.15, 0.2) is 0 Å². The van der Waals surface area contributed by atoms with E-state index in [0.717, 1.165) is 11.1 Å². The van der Waals surface area contributed by atoms with Crippen LogP contribution in [0.5, 0.6) is 0 Å². The fourth-order valence-electron chi connectivity index (χ4n) is 1.85. The standard InChI is InChI=1S/C15H11ClF3NO/c16-7-9-2-1-3-10(4-9)8-20-15(21)14-12(18)5-11(17)6-13(14)19/h1-6H,7-8H2,(H,20,21). The van der Waals surface area contributed by atoms with Crippen LogP contribution in [0.15, 0.2) is 36.4 Å². The third-order valence-electron chi connectivity index (χ3n) is 2.83. The lowest BCUT2D eigenvalue weighted by atomic mass is 10.1. The molecule has 0 aliphatic carbocycles. The molecular formula is C15H11ClF3NO. The number of amides is 1. The minimum atomic E-state index is -1.24. The summed E-state index contributed by atoms with van der Waals surface area (Å²) < 4.78 is 39.7. The number of carbonyl (C=O) groups is 1. The van der Waals surface area contributed by atoms with Crippen LogP contribution in [0, 0.1) is 17.5 Å². The number of halogens is 4. The molecule has 2 nitrogen and oxygen atoms in total. The zero-order valence-electron chi connectivity index (χ0n) is 10.8. The van der Waals surface area contributed by atoms with E-state index in [9.17, 15) is 18.0 Å². The van der Waals surface area contributed by atoms with Crippen molar-refractivity contribution in [2.75, 3.05) is 0 Å². The molecule has 0 unspecified atom stereocenters. The maximum Gasteiger partial charge on any atom is 0.257 e. The Kier molecular flexibility index (Phi) is 4.85. The summed E-state index contributed by atoms with van der Waals surface area (Å²) in [5.74, 6) is -4.17. The molecule has 0 fully saturated rings. The summed E-state index contributed by atoms with van der Waals surface area (Å²) in [6.07, 6.45) is 0. The van der Waals surface area contributed by atoms with Gasteiger partial charge in [-0.25, -0.2) is 13.2 Å². The van der Waals surface area contributed by atoms with E-state index < -0.39 is 28.9 Å². The third-order valence-corrected chi connectivity index (χ3v) is 3.14. The molecule has 1 N–H and O–H groups in total. The zero-order chi connectivity index (χ0) is 15.4. The molecule has 110 valence electrons. The minimum Gasteiger partial charge on any atom is -0.348 e. The fraction of sp³-hybridized carbons (Fsp3) is 0.133. The van der Waals surface area contributed by atoms with Gasteiger partial charge in [0.2, 0.25) is 0 Å². The number of hydrogen-bond donors (Lipinski definition) is 1. The molecule has 2 aromatic carbocycles. The first-order chi connectivity index (χ1) is 10.0. The highest BCUT2D eigenvalue weighted by molar-refractivity contribution is 6.17. The Hall–Kier alpha value is -2.01. The molecule has 0 aromatic heterocycles. The molecule has 0 aliphatic heterocycles. The van der Waals surface area contributed by atoms with Crippen LogP contribution >= 0.6 is 11.6 Å². The highest BCUT2D eigenvalue weighted by Gasteiger charge is 2.18. The molecule has 0 bridgehead atoms. The predicted octanol–water partition coefficient (Wildman–Crippen LogP) is 3.77. The summed E-state index contributed by atoms with van der Waals surface area (Å²) in [5, 5.41) is 2.38. The van der Waals surface area contributed by atoms with Crippen molar-refractivity contribution in [2.45, 2.75) is 12.4 Å². The SMILES string of the molecule is O=C(NCc1cccc(CCl)c1)c1c(F)cc(F)cc1F. The van der Waals surface area contributed by atoms with Gasteiger partial charge in [-0.05, 0) is 11.1 Å². The summed E-state index contributed by atoms with van der Waals surface area (Å²) in [6, 6.07) is 8.02. The highest BCUT2D eigenvalue weighted by Crippen LogP contribution is 2.15. The Morgan fingerprint density at radius 3 is 2.29 bits per heavy atom. The van der Waals surface area contributed by atoms with E-state index >= 15 is 0 Å². The average molecular weight is 314 g/mol. The van der Waals surface area contributed by atoms with Crippen LogP contribution < -0.4 is 5.32 Å². The first-order valence-corrected chi connectivity index (χ1v) is 6.61. The largest absolute Gasteiger partial charge is 0.348 e. The van der Waals surface area contributed by atoms with Crippen molar-refractivity contribution in [2.24, 2.45) is 0 Å². The molecule has 0 radical (unpaired) electrons. The summed E-state index contributed by atoms with van der Waals surface area (Å²) in [5.41, 5.74) is 0.803. The van der Waals surface area contributed by atoms with Crippen LogP contribution in [0.25, 0.3) is 0 Å². The summed E-state index contributed by atoms with van der Waals surface area (Å²) in [6.45, 7) is 0.0832. The number of benzene rings is 2. The van der Waals surface area contributed by atoms with Crippen LogP contribution in [-0.4, -0.2) is 5.91 Å². The smallest absolute Gasteiger partial charge is 0.257 e. The maximum atomic E-state index is 13.4. The van der Waals surface area contributed by atoms with E-state index in [1.165, 1.54) is 0 Å². The van der Waals surface area contributed by atoms with Crippen LogP contribution in [0.1, 0.15) is 21.5 Å². The first kappa shape index (κ1) is 15.4. The lowest BCUT2D eigenvalue weighted by Gasteiger charge is -2.08. The molecule has 0 spiro atoms. The van der Waals surface area contributed by atoms with Gasteiger partial charge in [0.05, 0.1) is 0 Å². The number of carbonyl (C=O) groups excluding carboxylic acids is 1. The third kappa shape index (κ3) is 3.76. The van der Waals surface area contributed by atoms with Crippen LogP contribution in [0.2, 0.25) is 0 Å². The molecular weight excluding hydrogens is 303 g/mol. The molecule has 0 heterocycles. The topological polar surface area (TPSA) is 29.1 Å². The Balaban J connectivity index is 2.12. The van der Waals surface area contributed by atoms with E-state index in [1.54, 1.807) is 18.2 Å². The van der Waals surface area contributed by atoms with Crippen molar-refractivity contribution < 1.29 is 18.0 Å².